The Kier molecular flexibility index (Phi) is 7.28. The molecule has 0 spiro atoms. The fourth-order valence-electron chi connectivity index (χ4n) is 4.47. The van der Waals surface area contributed by atoms with Crippen molar-refractivity contribution in [2.24, 2.45) is 10.1 Å². The number of nitrogens with zero attached hydrogens (tertiary/aromatic N) is 4. The Morgan fingerprint density at radius 2 is 1.92 bits per heavy atom. The molecule has 1 atom stereocenters. The van der Waals surface area contributed by atoms with E-state index in [0.717, 1.165) is 46.5 Å². The number of ether oxygens (including phenoxy) is 1. The molecule has 0 radical (unpaired) electrons. The molecule has 1 amide bonds. The van der Waals surface area contributed by atoms with Gasteiger partial charge in [0.15, 0.2) is 5.84 Å². The minimum atomic E-state index is -0.405. The van der Waals surface area contributed by atoms with Gasteiger partial charge in [-0.3, -0.25) is 10.2 Å². The molecule has 2 aliphatic heterocycles. The number of hydrazone groups is 1. The maximum atomic E-state index is 12.9. The van der Waals surface area contributed by atoms with Crippen molar-refractivity contribution in [1.29, 1.82) is 5.41 Å². The highest BCUT2D eigenvalue weighted by Gasteiger charge is 2.35. The van der Waals surface area contributed by atoms with Gasteiger partial charge < -0.3 is 9.30 Å². The van der Waals surface area contributed by atoms with Gasteiger partial charge in [-0.05, 0) is 66.8 Å². The third-order valence-corrected chi connectivity index (χ3v) is 7.71. The van der Waals surface area contributed by atoms with Gasteiger partial charge in [0.05, 0.1) is 12.1 Å². The zero-order valence-electron chi connectivity index (χ0n) is 21.4. The number of hydrogen-bond acceptors (Lipinski definition) is 5. The summed E-state index contributed by atoms with van der Waals surface area (Å²) >= 11 is 1.37. The van der Waals surface area contributed by atoms with Crippen molar-refractivity contribution >= 4 is 50.7 Å². The van der Waals surface area contributed by atoms with Gasteiger partial charge in [-0.25, -0.2) is 0 Å². The van der Waals surface area contributed by atoms with Gasteiger partial charge in [-0.1, -0.05) is 51.1 Å². The first-order valence-corrected chi connectivity index (χ1v) is 13.6. The number of amidine groups is 2. The summed E-state index contributed by atoms with van der Waals surface area (Å²) in [7, 11) is 0. The first-order valence-electron chi connectivity index (χ1n) is 12.8. The molecule has 0 saturated carbocycles. The molecule has 190 valence electrons. The Morgan fingerprint density at radius 3 is 2.68 bits per heavy atom. The second-order valence-corrected chi connectivity index (χ2v) is 10.3. The van der Waals surface area contributed by atoms with Crippen LogP contribution in [-0.4, -0.2) is 38.1 Å². The number of aromatic nitrogens is 1. The molecule has 0 bridgehead atoms. The number of carbonyl (C=O) groups is 1. The molecule has 5 rings (SSSR count). The molecular formula is C29H31N5O2S. The number of amides is 1. The standard InChI is InChI=1S/C29H31N5O2S/c1-4-8-26-32-34-27(30)24(28(35)31-29(34)37-26)17-21-18-33(25-10-7-6-9-23(21)25)15-16-36-22-13-11-20(12-14-22)19(3)5-2/h6-7,9-14,17-19,30H,4-5,8,15-16H2,1-3H3/b24-17+,30-27?. The van der Waals surface area contributed by atoms with Crippen LogP contribution in [0.25, 0.3) is 17.0 Å². The Balaban J connectivity index is 1.36. The van der Waals surface area contributed by atoms with Crippen molar-refractivity contribution in [2.75, 3.05) is 6.61 Å². The van der Waals surface area contributed by atoms with Gasteiger partial charge in [0, 0.05) is 22.7 Å². The number of aliphatic imine (C=N–C) groups is 1. The summed E-state index contributed by atoms with van der Waals surface area (Å²) in [6, 6.07) is 16.4. The highest BCUT2D eigenvalue weighted by atomic mass is 32.2. The van der Waals surface area contributed by atoms with Gasteiger partial charge in [-0.2, -0.15) is 15.1 Å². The summed E-state index contributed by atoms with van der Waals surface area (Å²) in [6.07, 6.45) is 6.64. The van der Waals surface area contributed by atoms with Crippen molar-refractivity contribution in [2.45, 2.75) is 52.5 Å². The third-order valence-electron chi connectivity index (χ3n) is 6.74. The largest absolute Gasteiger partial charge is 0.492 e. The average Bonchev–Trinajstić information content (AvgIpc) is 3.48. The minimum Gasteiger partial charge on any atom is -0.492 e. The predicted octanol–water partition coefficient (Wildman–Crippen LogP) is 6.65. The van der Waals surface area contributed by atoms with Crippen molar-refractivity contribution in [3.63, 3.8) is 0 Å². The van der Waals surface area contributed by atoms with Crippen LogP contribution in [-0.2, 0) is 11.3 Å². The summed E-state index contributed by atoms with van der Waals surface area (Å²) in [6.45, 7) is 7.67. The molecule has 1 N–H and O–H groups in total. The number of rotatable bonds is 9. The molecule has 0 fully saturated rings. The number of nitrogens with one attached hydrogen (secondary N) is 1. The Labute approximate surface area is 221 Å². The molecular weight excluding hydrogens is 482 g/mol. The summed E-state index contributed by atoms with van der Waals surface area (Å²) in [4.78, 5) is 17.1. The van der Waals surface area contributed by atoms with E-state index in [0.29, 0.717) is 24.2 Å². The van der Waals surface area contributed by atoms with E-state index in [9.17, 15) is 4.79 Å². The molecule has 0 aliphatic carbocycles. The Hall–Kier alpha value is -3.65. The topological polar surface area (TPSA) is 83.0 Å². The van der Waals surface area contributed by atoms with Crippen LogP contribution >= 0.6 is 11.8 Å². The van der Waals surface area contributed by atoms with E-state index in [1.54, 1.807) is 6.08 Å². The molecule has 3 aromatic rings. The first kappa shape index (κ1) is 25.0. The minimum absolute atomic E-state index is 0.0644. The van der Waals surface area contributed by atoms with E-state index >= 15 is 0 Å². The lowest BCUT2D eigenvalue weighted by Crippen LogP contribution is -2.35. The fraction of sp³-hybridized carbons (Fsp3) is 0.310. The predicted molar refractivity (Wildman–Crippen MR) is 152 cm³/mol. The number of para-hydroxylation sites is 1. The maximum Gasteiger partial charge on any atom is 0.283 e. The maximum absolute atomic E-state index is 12.9. The van der Waals surface area contributed by atoms with Crippen LogP contribution in [0.3, 0.4) is 0 Å². The lowest BCUT2D eigenvalue weighted by molar-refractivity contribution is -0.114. The fourth-order valence-corrected chi connectivity index (χ4v) is 5.45. The Bertz CT molecular complexity index is 1430. The van der Waals surface area contributed by atoms with Crippen LogP contribution in [0, 0.1) is 5.41 Å². The highest BCUT2D eigenvalue weighted by Crippen LogP contribution is 2.31. The summed E-state index contributed by atoms with van der Waals surface area (Å²) in [5.41, 5.74) is 3.48. The number of thioether (sulfide) groups is 1. The van der Waals surface area contributed by atoms with E-state index in [1.165, 1.54) is 22.3 Å². The van der Waals surface area contributed by atoms with Crippen LogP contribution in [0.2, 0.25) is 0 Å². The molecule has 1 aromatic heterocycles. The van der Waals surface area contributed by atoms with Crippen LogP contribution in [0.5, 0.6) is 5.75 Å². The quantitative estimate of drug-likeness (QED) is 0.325. The highest BCUT2D eigenvalue weighted by molar-refractivity contribution is 8.26. The molecule has 2 aliphatic rings. The lowest BCUT2D eigenvalue weighted by Gasteiger charge is -2.20. The lowest BCUT2D eigenvalue weighted by atomic mass is 9.99. The van der Waals surface area contributed by atoms with Crippen molar-refractivity contribution in [3.8, 4) is 5.75 Å². The monoisotopic (exact) mass is 513 g/mol. The molecule has 37 heavy (non-hydrogen) atoms. The van der Waals surface area contributed by atoms with Gasteiger partial charge >= 0.3 is 0 Å². The van der Waals surface area contributed by atoms with E-state index in [4.69, 9.17) is 10.1 Å². The van der Waals surface area contributed by atoms with Crippen LogP contribution in [0.15, 0.2) is 70.4 Å². The van der Waals surface area contributed by atoms with Crippen molar-refractivity contribution < 1.29 is 9.53 Å². The second kappa shape index (κ2) is 10.8. The molecule has 7 nitrogen and oxygen atoms in total. The van der Waals surface area contributed by atoms with Crippen LogP contribution in [0.4, 0.5) is 0 Å². The number of fused-ring (bicyclic) bond motifs is 2. The van der Waals surface area contributed by atoms with Crippen LogP contribution < -0.4 is 4.74 Å². The number of benzene rings is 2. The van der Waals surface area contributed by atoms with Crippen LogP contribution in [0.1, 0.15) is 57.1 Å². The average molecular weight is 514 g/mol. The summed E-state index contributed by atoms with van der Waals surface area (Å²) in [5, 5.41) is 17.0. The van der Waals surface area contributed by atoms with Crippen molar-refractivity contribution in [1.82, 2.24) is 9.58 Å². The number of hydrogen-bond donors (Lipinski definition) is 1. The van der Waals surface area contributed by atoms with E-state index in [1.807, 2.05) is 36.5 Å². The summed E-state index contributed by atoms with van der Waals surface area (Å²) in [5.74, 6) is 1.05. The molecule has 8 heteroatoms. The normalized spacial score (nSPS) is 17.3. The van der Waals surface area contributed by atoms with Gasteiger partial charge in [-0.15, -0.1) is 0 Å². The third kappa shape index (κ3) is 5.11. The van der Waals surface area contributed by atoms with Gasteiger partial charge in [0.1, 0.15) is 17.4 Å². The Morgan fingerprint density at radius 1 is 1.14 bits per heavy atom. The zero-order chi connectivity index (χ0) is 25.9. The van der Waals surface area contributed by atoms with Gasteiger partial charge in [0.2, 0.25) is 5.17 Å². The van der Waals surface area contributed by atoms with E-state index in [2.05, 4.69) is 53.6 Å². The van der Waals surface area contributed by atoms with E-state index in [-0.39, 0.29) is 11.4 Å². The number of carbonyl (C=O) groups excluding carboxylic acids is 1. The zero-order valence-corrected chi connectivity index (χ0v) is 22.2. The first-order chi connectivity index (χ1) is 18.0. The molecule has 3 heterocycles. The molecule has 2 aromatic carbocycles. The smallest absolute Gasteiger partial charge is 0.283 e. The molecule has 1 unspecified atom stereocenters. The summed E-state index contributed by atoms with van der Waals surface area (Å²) < 4.78 is 8.16. The second-order valence-electron chi connectivity index (χ2n) is 9.29. The van der Waals surface area contributed by atoms with E-state index < -0.39 is 5.91 Å². The SMILES string of the molecule is CCCC1=NN2C(=N)/C(=C\c3cn(CCOc4ccc(C(C)CC)cc4)c4ccccc34)C(=O)N=C2S1. The van der Waals surface area contributed by atoms with Crippen molar-refractivity contribution in [3.05, 3.63) is 71.4 Å². The molecule has 0 saturated heterocycles. The van der Waals surface area contributed by atoms with Gasteiger partial charge in [0.25, 0.3) is 5.91 Å².